The van der Waals surface area contributed by atoms with Crippen LogP contribution in [-0.2, 0) is 4.79 Å². The number of likely N-dealkylation sites (N-methyl/N-ethyl adjacent to an activating group) is 1. The summed E-state index contributed by atoms with van der Waals surface area (Å²) in [6, 6.07) is 1.79. The summed E-state index contributed by atoms with van der Waals surface area (Å²) in [4.78, 5) is 20.7. The predicted molar refractivity (Wildman–Crippen MR) is 54.0 cm³/mol. The second-order valence-electron chi connectivity index (χ2n) is 3.19. The Morgan fingerprint density at radius 3 is 2.79 bits per heavy atom. The van der Waals surface area contributed by atoms with E-state index in [-0.39, 0.29) is 12.5 Å². The van der Waals surface area contributed by atoms with Crippen LogP contribution in [0.3, 0.4) is 0 Å². The summed E-state index contributed by atoms with van der Waals surface area (Å²) in [5.74, 6) is 0.689. The van der Waals surface area contributed by atoms with Crippen LogP contribution in [0.2, 0.25) is 0 Å². The molecule has 0 radical (unpaired) electrons. The van der Waals surface area contributed by atoms with Gasteiger partial charge in [0.15, 0.2) is 0 Å². The maximum absolute atomic E-state index is 11.2. The molecule has 1 amide bonds. The van der Waals surface area contributed by atoms with E-state index in [1.807, 2.05) is 6.92 Å². The number of carbonyl (C=O) groups excluding carboxylic acids is 1. The van der Waals surface area contributed by atoms with Crippen molar-refractivity contribution in [2.75, 3.05) is 26.0 Å². The van der Waals surface area contributed by atoms with E-state index in [1.165, 1.54) is 11.2 Å². The van der Waals surface area contributed by atoms with Gasteiger partial charge in [0.2, 0.25) is 5.91 Å². The van der Waals surface area contributed by atoms with Gasteiger partial charge in [0.05, 0.1) is 6.54 Å². The molecule has 0 aliphatic carbocycles. The van der Waals surface area contributed by atoms with E-state index in [1.54, 1.807) is 20.2 Å². The number of aryl methyl sites for hydroxylation is 1. The summed E-state index contributed by atoms with van der Waals surface area (Å²) in [6.07, 6.45) is 1.47. The monoisotopic (exact) mass is 194 g/mol. The van der Waals surface area contributed by atoms with E-state index >= 15 is 0 Å². The highest BCUT2D eigenvalue weighted by atomic mass is 16.2. The number of anilines is 1. The molecule has 0 fully saturated rings. The topological polar surface area (TPSA) is 58.1 Å². The number of amides is 1. The molecule has 0 aromatic carbocycles. The lowest BCUT2D eigenvalue weighted by atomic mass is 10.4. The molecule has 0 aliphatic heterocycles. The Kier molecular flexibility index (Phi) is 3.39. The SMILES string of the molecule is Cc1cc(NCC(=O)N(C)C)ncn1. The maximum Gasteiger partial charge on any atom is 0.241 e. The average molecular weight is 194 g/mol. The maximum atomic E-state index is 11.2. The van der Waals surface area contributed by atoms with Crippen LogP contribution in [0.15, 0.2) is 12.4 Å². The summed E-state index contributed by atoms with van der Waals surface area (Å²) < 4.78 is 0. The molecule has 0 saturated carbocycles. The molecular weight excluding hydrogens is 180 g/mol. The third-order valence-electron chi connectivity index (χ3n) is 1.72. The lowest BCUT2D eigenvalue weighted by Gasteiger charge is -2.11. The molecule has 0 saturated heterocycles. The number of nitrogens with zero attached hydrogens (tertiary/aromatic N) is 3. The van der Waals surface area contributed by atoms with Crippen LogP contribution in [0.25, 0.3) is 0 Å². The lowest BCUT2D eigenvalue weighted by Crippen LogP contribution is -2.28. The van der Waals surface area contributed by atoms with Crippen LogP contribution in [-0.4, -0.2) is 41.4 Å². The standard InChI is InChI=1S/C9H14N4O/c1-7-4-8(12-6-11-7)10-5-9(14)13(2)3/h4,6H,5H2,1-3H3,(H,10,11,12). The molecule has 5 nitrogen and oxygen atoms in total. The zero-order valence-corrected chi connectivity index (χ0v) is 8.61. The number of aromatic nitrogens is 2. The highest BCUT2D eigenvalue weighted by Crippen LogP contribution is 2.01. The van der Waals surface area contributed by atoms with Crippen LogP contribution >= 0.6 is 0 Å². The fourth-order valence-corrected chi connectivity index (χ4v) is 0.875. The van der Waals surface area contributed by atoms with Crippen molar-refractivity contribution >= 4 is 11.7 Å². The van der Waals surface area contributed by atoms with Gasteiger partial charge in [0.25, 0.3) is 0 Å². The van der Waals surface area contributed by atoms with Crippen molar-refractivity contribution in [3.63, 3.8) is 0 Å². The molecule has 1 N–H and O–H groups in total. The second kappa shape index (κ2) is 4.55. The molecule has 1 rings (SSSR count). The number of hydrogen-bond donors (Lipinski definition) is 1. The van der Waals surface area contributed by atoms with Gasteiger partial charge in [-0.1, -0.05) is 0 Å². The summed E-state index contributed by atoms with van der Waals surface area (Å²) in [7, 11) is 3.44. The van der Waals surface area contributed by atoms with Gasteiger partial charge in [-0.15, -0.1) is 0 Å². The number of rotatable bonds is 3. The highest BCUT2D eigenvalue weighted by Gasteiger charge is 2.03. The van der Waals surface area contributed by atoms with Gasteiger partial charge in [0.1, 0.15) is 12.1 Å². The summed E-state index contributed by atoms with van der Waals surface area (Å²) in [5.41, 5.74) is 0.875. The Morgan fingerprint density at radius 1 is 1.50 bits per heavy atom. The van der Waals surface area contributed by atoms with Crippen LogP contribution in [0.5, 0.6) is 0 Å². The van der Waals surface area contributed by atoms with Crippen LogP contribution in [0.1, 0.15) is 5.69 Å². The number of carbonyl (C=O) groups is 1. The Balaban J connectivity index is 2.50. The van der Waals surface area contributed by atoms with Crippen molar-refractivity contribution in [2.24, 2.45) is 0 Å². The molecule has 1 aromatic rings. The van der Waals surface area contributed by atoms with Gasteiger partial charge in [-0.2, -0.15) is 0 Å². The van der Waals surface area contributed by atoms with E-state index in [2.05, 4.69) is 15.3 Å². The molecule has 1 heterocycles. The van der Waals surface area contributed by atoms with Crippen molar-refractivity contribution in [3.8, 4) is 0 Å². The number of hydrogen-bond acceptors (Lipinski definition) is 4. The van der Waals surface area contributed by atoms with Crippen LogP contribution < -0.4 is 5.32 Å². The quantitative estimate of drug-likeness (QED) is 0.751. The van der Waals surface area contributed by atoms with E-state index in [4.69, 9.17) is 0 Å². The summed E-state index contributed by atoms with van der Waals surface area (Å²) in [6.45, 7) is 2.13. The third-order valence-corrected chi connectivity index (χ3v) is 1.72. The van der Waals surface area contributed by atoms with E-state index in [9.17, 15) is 4.79 Å². The Hall–Kier alpha value is -1.65. The highest BCUT2D eigenvalue weighted by molar-refractivity contribution is 5.79. The molecule has 0 aliphatic rings. The van der Waals surface area contributed by atoms with Gasteiger partial charge < -0.3 is 10.2 Å². The van der Waals surface area contributed by atoms with Crippen molar-refractivity contribution < 1.29 is 4.79 Å². The summed E-state index contributed by atoms with van der Waals surface area (Å²) in [5, 5.41) is 2.92. The molecule has 0 bridgehead atoms. The first-order valence-corrected chi connectivity index (χ1v) is 4.32. The number of nitrogens with one attached hydrogen (secondary N) is 1. The second-order valence-corrected chi connectivity index (χ2v) is 3.19. The van der Waals surface area contributed by atoms with E-state index < -0.39 is 0 Å². The van der Waals surface area contributed by atoms with Gasteiger partial charge in [-0.3, -0.25) is 4.79 Å². The normalized spacial score (nSPS) is 9.64. The molecule has 76 valence electrons. The van der Waals surface area contributed by atoms with Crippen LogP contribution in [0, 0.1) is 6.92 Å². The minimum Gasteiger partial charge on any atom is -0.361 e. The smallest absolute Gasteiger partial charge is 0.241 e. The van der Waals surface area contributed by atoms with Crippen LogP contribution in [0.4, 0.5) is 5.82 Å². The molecule has 0 unspecified atom stereocenters. The van der Waals surface area contributed by atoms with Gasteiger partial charge in [-0.25, -0.2) is 9.97 Å². The fraction of sp³-hybridized carbons (Fsp3) is 0.444. The Labute approximate surface area is 83.2 Å². The van der Waals surface area contributed by atoms with Crippen molar-refractivity contribution in [1.29, 1.82) is 0 Å². The van der Waals surface area contributed by atoms with Crippen molar-refractivity contribution in [3.05, 3.63) is 18.1 Å². The van der Waals surface area contributed by atoms with Gasteiger partial charge >= 0.3 is 0 Å². The van der Waals surface area contributed by atoms with Crippen molar-refractivity contribution in [2.45, 2.75) is 6.92 Å². The zero-order chi connectivity index (χ0) is 10.6. The minimum atomic E-state index is 0.0151. The molecule has 14 heavy (non-hydrogen) atoms. The predicted octanol–water partition coefficient (Wildman–Crippen LogP) is 0.285. The van der Waals surface area contributed by atoms with E-state index in [0.717, 1.165) is 5.69 Å². The zero-order valence-electron chi connectivity index (χ0n) is 8.61. The first kappa shape index (κ1) is 10.4. The molecule has 5 heteroatoms. The minimum absolute atomic E-state index is 0.0151. The summed E-state index contributed by atoms with van der Waals surface area (Å²) >= 11 is 0. The van der Waals surface area contributed by atoms with Gasteiger partial charge in [-0.05, 0) is 6.92 Å². The molecule has 0 atom stereocenters. The average Bonchev–Trinajstić information content (AvgIpc) is 2.14. The third kappa shape index (κ3) is 3.01. The van der Waals surface area contributed by atoms with Crippen molar-refractivity contribution in [1.82, 2.24) is 14.9 Å². The fourth-order valence-electron chi connectivity index (χ4n) is 0.875. The Morgan fingerprint density at radius 2 is 2.21 bits per heavy atom. The molecule has 1 aromatic heterocycles. The first-order chi connectivity index (χ1) is 6.59. The largest absolute Gasteiger partial charge is 0.361 e. The first-order valence-electron chi connectivity index (χ1n) is 4.32. The van der Waals surface area contributed by atoms with E-state index in [0.29, 0.717) is 5.82 Å². The molecule has 0 spiro atoms. The van der Waals surface area contributed by atoms with Gasteiger partial charge in [0, 0.05) is 25.9 Å². The molecular formula is C9H14N4O. The Bertz CT molecular complexity index is 324. The lowest BCUT2D eigenvalue weighted by molar-refractivity contribution is -0.126.